The van der Waals surface area contributed by atoms with Gasteiger partial charge in [-0.05, 0) is 54.8 Å². The molecular formula is C15H21N5O2. The van der Waals surface area contributed by atoms with Crippen LogP contribution in [0.5, 0.6) is 5.75 Å². The highest BCUT2D eigenvalue weighted by Gasteiger charge is 2.20. The van der Waals surface area contributed by atoms with Gasteiger partial charge in [0.2, 0.25) is 5.91 Å². The topological polar surface area (TPSA) is 92.9 Å². The number of phenolic OH excluding ortho intramolecular Hbond substituents is 1. The lowest BCUT2D eigenvalue weighted by Gasteiger charge is -2.26. The smallest absolute Gasteiger partial charge is 0.220 e. The van der Waals surface area contributed by atoms with Crippen LogP contribution in [0.2, 0.25) is 0 Å². The van der Waals surface area contributed by atoms with Gasteiger partial charge >= 0.3 is 0 Å². The number of amides is 1. The highest BCUT2D eigenvalue weighted by atomic mass is 16.3. The number of carbonyl (C=O) groups is 1. The Morgan fingerprint density at radius 2 is 2.05 bits per heavy atom. The fraction of sp³-hybridized carbons (Fsp3) is 0.467. The minimum Gasteiger partial charge on any atom is -0.508 e. The Hall–Kier alpha value is -2.44. The minimum atomic E-state index is -0.344. The molecule has 0 spiro atoms. The molecule has 0 saturated carbocycles. The zero-order valence-corrected chi connectivity index (χ0v) is 12.9. The summed E-state index contributed by atoms with van der Waals surface area (Å²) < 4.78 is 1.61. The minimum absolute atomic E-state index is 0.0110. The van der Waals surface area contributed by atoms with E-state index in [9.17, 15) is 9.90 Å². The average molecular weight is 303 g/mol. The molecule has 1 amide bonds. The fourth-order valence-corrected chi connectivity index (χ4v) is 2.29. The van der Waals surface area contributed by atoms with Crippen molar-refractivity contribution in [3.05, 3.63) is 36.2 Å². The number of rotatable bonds is 7. The van der Waals surface area contributed by atoms with Gasteiger partial charge in [-0.2, -0.15) is 0 Å². The number of hydrogen-bond acceptors (Lipinski definition) is 5. The molecule has 0 bridgehead atoms. The standard InChI is InChI=1S/C15H21N5O2/c1-15(2,10-12-5-7-13(21)8-6-12)17-14(22)4-3-9-20-11-16-18-19-20/h5-8,11,21H,3-4,9-10H2,1-2H3,(H,17,22). The van der Waals surface area contributed by atoms with E-state index in [0.717, 1.165) is 5.56 Å². The number of carbonyl (C=O) groups excluding carboxylic acids is 1. The normalized spacial score (nSPS) is 11.4. The summed E-state index contributed by atoms with van der Waals surface area (Å²) >= 11 is 0. The quantitative estimate of drug-likeness (QED) is 0.804. The van der Waals surface area contributed by atoms with E-state index in [1.807, 2.05) is 26.0 Å². The van der Waals surface area contributed by atoms with E-state index in [-0.39, 0.29) is 17.2 Å². The summed E-state index contributed by atoms with van der Waals surface area (Å²) in [5.74, 6) is 0.255. The first kappa shape index (κ1) is 15.9. The van der Waals surface area contributed by atoms with Crippen LogP contribution in [0.4, 0.5) is 0 Å². The first-order valence-electron chi connectivity index (χ1n) is 7.24. The number of nitrogens with one attached hydrogen (secondary N) is 1. The van der Waals surface area contributed by atoms with Crippen molar-refractivity contribution in [2.75, 3.05) is 0 Å². The molecule has 2 aromatic rings. The number of hydrogen-bond donors (Lipinski definition) is 2. The van der Waals surface area contributed by atoms with Gasteiger partial charge in [0.05, 0.1) is 0 Å². The molecule has 2 rings (SSSR count). The average Bonchev–Trinajstić information content (AvgIpc) is 2.93. The zero-order chi connectivity index (χ0) is 16.0. The van der Waals surface area contributed by atoms with Crippen molar-refractivity contribution in [1.82, 2.24) is 25.5 Å². The number of tetrazole rings is 1. The van der Waals surface area contributed by atoms with Crippen LogP contribution in [-0.4, -0.2) is 36.8 Å². The number of phenols is 1. The van der Waals surface area contributed by atoms with E-state index in [1.165, 1.54) is 6.33 Å². The highest BCUT2D eigenvalue weighted by molar-refractivity contribution is 5.76. The molecule has 0 saturated heterocycles. The second-order valence-corrected chi connectivity index (χ2v) is 5.95. The molecule has 2 N–H and O–H groups in total. The van der Waals surface area contributed by atoms with E-state index in [2.05, 4.69) is 20.8 Å². The van der Waals surface area contributed by atoms with Crippen molar-refractivity contribution >= 4 is 5.91 Å². The Morgan fingerprint density at radius 3 is 2.68 bits per heavy atom. The number of nitrogens with zero attached hydrogens (tertiary/aromatic N) is 4. The van der Waals surface area contributed by atoms with Crippen LogP contribution in [0.15, 0.2) is 30.6 Å². The maximum Gasteiger partial charge on any atom is 0.220 e. The van der Waals surface area contributed by atoms with Gasteiger partial charge in [-0.1, -0.05) is 12.1 Å². The second kappa shape index (κ2) is 7.02. The number of aromatic nitrogens is 4. The molecule has 0 aliphatic rings. The van der Waals surface area contributed by atoms with Gasteiger partial charge in [-0.3, -0.25) is 4.79 Å². The van der Waals surface area contributed by atoms with Crippen LogP contribution >= 0.6 is 0 Å². The molecule has 22 heavy (non-hydrogen) atoms. The fourth-order valence-electron chi connectivity index (χ4n) is 2.29. The third kappa shape index (κ3) is 5.16. The van der Waals surface area contributed by atoms with Gasteiger partial charge in [-0.15, -0.1) is 5.10 Å². The lowest BCUT2D eigenvalue weighted by atomic mass is 9.94. The number of aryl methyl sites for hydroxylation is 1. The maximum atomic E-state index is 12.0. The number of benzene rings is 1. The lowest BCUT2D eigenvalue weighted by molar-refractivity contribution is -0.122. The highest BCUT2D eigenvalue weighted by Crippen LogP contribution is 2.16. The molecule has 1 heterocycles. The first-order valence-corrected chi connectivity index (χ1v) is 7.24. The third-order valence-electron chi connectivity index (χ3n) is 3.24. The van der Waals surface area contributed by atoms with Crippen molar-refractivity contribution in [2.45, 2.75) is 45.2 Å². The van der Waals surface area contributed by atoms with Crippen molar-refractivity contribution in [2.24, 2.45) is 0 Å². The summed E-state index contributed by atoms with van der Waals surface area (Å²) in [6.45, 7) is 4.59. The van der Waals surface area contributed by atoms with Crippen LogP contribution in [0.1, 0.15) is 32.3 Å². The summed E-state index contributed by atoms with van der Waals surface area (Å²) in [6, 6.07) is 7.03. The molecule has 0 radical (unpaired) electrons. The Morgan fingerprint density at radius 1 is 1.32 bits per heavy atom. The largest absolute Gasteiger partial charge is 0.508 e. The summed E-state index contributed by atoms with van der Waals surface area (Å²) in [7, 11) is 0. The molecule has 1 aromatic carbocycles. The molecule has 0 atom stereocenters. The first-order chi connectivity index (χ1) is 10.4. The Labute approximate surface area is 129 Å². The third-order valence-corrected chi connectivity index (χ3v) is 3.24. The van der Waals surface area contributed by atoms with Crippen molar-refractivity contribution < 1.29 is 9.90 Å². The SMILES string of the molecule is CC(C)(Cc1ccc(O)cc1)NC(=O)CCCn1cnnn1. The van der Waals surface area contributed by atoms with Gasteiger partial charge in [0, 0.05) is 18.5 Å². The van der Waals surface area contributed by atoms with Crippen molar-refractivity contribution in [3.63, 3.8) is 0 Å². The van der Waals surface area contributed by atoms with Gasteiger partial charge < -0.3 is 10.4 Å². The Kier molecular flexibility index (Phi) is 5.08. The van der Waals surface area contributed by atoms with E-state index in [0.29, 0.717) is 25.8 Å². The van der Waals surface area contributed by atoms with Gasteiger partial charge in [0.15, 0.2) is 0 Å². The molecule has 0 aliphatic carbocycles. The predicted octanol–water partition coefficient (Wildman–Crippen LogP) is 1.30. The second-order valence-electron chi connectivity index (χ2n) is 5.95. The molecular weight excluding hydrogens is 282 g/mol. The summed E-state index contributed by atoms with van der Waals surface area (Å²) in [5.41, 5.74) is 0.722. The molecule has 1 aromatic heterocycles. The summed E-state index contributed by atoms with van der Waals surface area (Å²) in [6.07, 6.45) is 3.35. The van der Waals surface area contributed by atoms with Gasteiger partial charge in [0.25, 0.3) is 0 Å². The number of aromatic hydroxyl groups is 1. The van der Waals surface area contributed by atoms with Crippen LogP contribution in [0.3, 0.4) is 0 Å². The summed E-state index contributed by atoms with van der Waals surface area (Å²) in [4.78, 5) is 12.0. The van der Waals surface area contributed by atoms with E-state index in [4.69, 9.17) is 0 Å². The van der Waals surface area contributed by atoms with Crippen LogP contribution in [0, 0.1) is 0 Å². The molecule has 0 fully saturated rings. The zero-order valence-electron chi connectivity index (χ0n) is 12.9. The monoisotopic (exact) mass is 303 g/mol. The molecule has 0 unspecified atom stereocenters. The predicted molar refractivity (Wildman–Crippen MR) is 81.1 cm³/mol. The Bertz CT molecular complexity index is 593. The summed E-state index contributed by atoms with van der Waals surface area (Å²) in [5, 5.41) is 23.2. The lowest BCUT2D eigenvalue weighted by Crippen LogP contribution is -2.45. The van der Waals surface area contributed by atoms with E-state index >= 15 is 0 Å². The molecule has 0 aliphatic heterocycles. The Balaban J connectivity index is 1.77. The van der Waals surface area contributed by atoms with Crippen LogP contribution < -0.4 is 5.32 Å². The maximum absolute atomic E-state index is 12.0. The van der Waals surface area contributed by atoms with E-state index < -0.39 is 0 Å². The van der Waals surface area contributed by atoms with E-state index in [1.54, 1.807) is 16.8 Å². The van der Waals surface area contributed by atoms with Gasteiger partial charge in [-0.25, -0.2) is 4.68 Å². The van der Waals surface area contributed by atoms with Crippen LogP contribution in [0.25, 0.3) is 0 Å². The molecule has 7 nitrogen and oxygen atoms in total. The molecule has 7 heteroatoms. The van der Waals surface area contributed by atoms with Crippen molar-refractivity contribution in [1.29, 1.82) is 0 Å². The van der Waals surface area contributed by atoms with Gasteiger partial charge in [0.1, 0.15) is 12.1 Å². The van der Waals surface area contributed by atoms with Crippen molar-refractivity contribution in [3.8, 4) is 5.75 Å². The van der Waals surface area contributed by atoms with Crippen LogP contribution in [-0.2, 0) is 17.8 Å². The molecule has 118 valence electrons.